The van der Waals surface area contributed by atoms with Crippen LogP contribution in [0, 0.1) is 0 Å². The molecule has 3 nitrogen and oxygen atoms in total. The van der Waals surface area contributed by atoms with Gasteiger partial charge >= 0.3 is 0 Å². The van der Waals surface area contributed by atoms with Gasteiger partial charge in [-0.15, -0.1) is 11.3 Å². The van der Waals surface area contributed by atoms with E-state index in [1.165, 1.54) is 16.9 Å². The minimum absolute atomic E-state index is 0.204. The van der Waals surface area contributed by atoms with Crippen molar-refractivity contribution >= 4 is 21.4 Å². The Hall–Kier alpha value is -1.17. The highest BCUT2D eigenvalue weighted by Crippen LogP contribution is 2.30. The summed E-state index contributed by atoms with van der Waals surface area (Å²) in [5, 5.41) is 5.09. The van der Waals surface area contributed by atoms with Gasteiger partial charge in [-0.05, 0) is 29.7 Å². The summed E-state index contributed by atoms with van der Waals surface area (Å²) in [6, 6.07) is 11.5. The lowest BCUT2D eigenvalue weighted by Gasteiger charge is -2.01. The first kappa shape index (κ1) is 13.3. The van der Waals surface area contributed by atoms with Crippen molar-refractivity contribution in [2.45, 2.75) is 24.0 Å². The zero-order valence-electron chi connectivity index (χ0n) is 10.1. The number of thiophene rings is 1. The lowest BCUT2D eigenvalue weighted by Crippen LogP contribution is -2.09. The molecule has 0 spiro atoms. The van der Waals surface area contributed by atoms with E-state index in [9.17, 15) is 8.42 Å². The van der Waals surface area contributed by atoms with Crippen molar-refractivity contribution in [1.29, 1.82) is 0 Å². The van der Waals surface area contributed by atoms with Crippen LogP contribution >= 0.6 is 11.3 Å². The second-order valence-electron chi connectivity index (χ2n) is 4.11. The molecule has 2 N–H and O–H groups in total. The minimum atomic E-state index is -3.59. The maximum Gasteiger partial charge on any atom is 0.247 e. The van der Waals surface area contributed by atoms with Crippen LogP contribution in [0.25, 0.3) is 10.4 Å². The summed E-state index contributed by atoms with van der Waals surface area (Å²) in [6.45, 7) is 2.14. The highest BCUT2D eigenvalue weighted by Gasteiger charge is 2.11. The summed E-state index contributed by atoms with van der Waals surface area (Å²) in [5.41, 5.74) is 2.32. The van der Waals surface area contributed by atoms with E-state index in [-0.39, 0.29) is 4.21 Å². The summed E-state index contributed by atoms with van der Waals surface area (Å²) >= 11 is 1.20. The average molecular weight is 281 g/mol. The van der Waals surface area contributed by atoms with Gasteiger partial charge in [0, 0.05) is 4.88 Å². The van der Waals surface area contributed by atoms with Crippen molar-refractivity contribution in [1.82, 2.24) is 0 Å². The molecule has 0 saturated heterocycles. The first-order valence-corrected chi connectivity index (χ1v) is 8.09. The molecule has 0 aliphatic heterocycles. The van der Waals surface area contributed by atoms with E-state index >= 15 is 0 Å². The van der Waals surface area contributed by atoms with Crippen molar-refractivity contribution in [3.05, 3.63) is 42.0 Å². The third kappa shape index (κ3) is 2.98. The molecule has 0 amide bonds. The predicted molar refractivity (Wildman–Crippen MR) is 75.1 cm³/mol. The van der Waals surface area contributed by atoms with Crippen LogP contribution in [0.5, 0.6) is 0 Å². The Bertz CT molecular complexity index is 627. The van der Waals surface area contributed by atoms with Gasteiger partial charge in [-0.1, -0.05) is 37.6 Å². The predicted octanol–water partition coefficient (Wildman–Crippen LogP) is 3.02. The van der Waals surface area contributed by atoms with Gasteiger partial charge in [0.05, 0.1) is 0 Å². The maximum atomic E-state index is 11.2. The SMILES string of the molecule is CCCc1ccc(-c2ccc(S(N)(=O)=O)s2)cc1. The Morgan fingerprint density at radius 2 is 1.78 bits per heavy atom. The lowest BCUT2D eigenvalue weighted by atomic mass is 10.1. The molecule has 0 bridgehead atoms. The summed E-state index contributed by atoms with van der Waals surface area (Å²) in [7, 11) is -3.59. The van der Waals surface area contributed by atoms with E-state index in [1.807, 2.05) is 12.1 Å². The van der Waals surface area contributed by atoms with Crippen molar-refractivity contribution in [2.75, 3.05) is 0 Å². The Morgan fingerprint density at radius 1 is 1.11 bits per heavy atom. The highest BCUT2D eigenvalue weighted by molar-refractivity contribution is 7.91. The third-order valence-corrected chi connectivity index (χ3v) is 5.21. The van der Waals surface area contributed by atoms with Crippen LogP contribution in [0.4, 0.5) is 0 Å². The van der Waals surface area contributed by atoms with Gasteiger partial charge in [-0.2, -0.15) is 0 Å². The summed E-state index contributed by atoms with van der Waals surface area (Å²) in [5.74, 6) is 0. The molecule has 1 heterocycles. The Morgan fingerprint density at radius 3 is 2.28 bits per heavy atom. The van der Waals surface area contributed by atoms with Gasteiger partial charge in [-0.25, -0.2) is 13.6 Å². The van der Waals surface area contributed by atoms with E-state index in [2.05, 4.69) is 19.1 Å². The molecule has 0 atom stereocenters. The first-order valence-electron chi connectivity index (χ1n) is 5.72. The van der Waals surface area contributed by atoms with Gasteiger partial charge in [0.25, 0.3) is 0 Å². The Kier molecular flexibility index (Phi) is 3.85. The first-order chi connectivity index (χ1) is 8.50. The van der Waals surface area contributed by atoms with E-state index in [4.69, 9.17) is 5.14 Å². The van der Waals surface area contributed by atoms with Crippen LogP contribution in [0.3, 0.4) is 0 Å². The molecule has 96 valence electrons. The van der Waals surface area contributed by atoms with E-state index < -0.39 is 10.0 Å². The smallest absolute Gasteiger partial charge is 0.224 e. The van der Waals surface area contributed by atoms with Gasteiger partial charge in [0.15, 0.2) is 0 Å². The van der Waals surface area contributed by atoms with Crippen LogP contribution in [0.2, 0.25) is 0 Å². The van der Waals surface area contributed by atoms with Crippen molar-refractivity contribution in [3.8, 4) is 10.4 Å². The van der Waals surface area contributed by atoms with Gasteiger partial charge in [0.1, 0.15) is 4.21 Å². The average Bonchev–Trinajstić information content (AvgIpc) is 2.79. The molecule has 1 aromatic carbocycles. The number of aryl methyl sites for hydroxylation is 1. The standard InChI is InChI=1S/C13H15NO2S2/c1-2-3-10-4-6-11(7-5-10)12-8-9-13(17-12)18(14,15)16/h4-9H,2-3H2,1H3,(H2,14,15,16). The van der Waals surface area contributed by atoms with Crippen LogP contribution in [-0.4, -0.2) is 8.42 Å². The van der Waals surface area contributed by atoms with E-state index in [1.54, 1.807) is 12.1 Å². The second-order valence-corrected chi connectivity index (χ2v) is 6.98. The van der Waals surface area contributed by atoms with Crippen LogP contribution in [-0.2, 0) is 16.4 Å². The van der Waals surface area contributed by atoms with E-state index in [0.29, 0.717) is 0 Å². The maximum absolute atomic E-state index is 11.2. The summed E-state index contributed by atoms with van der Waals surface area (Å²) < 4.78 is 22.6. The van der Waals surface area contributed by atoms with Crippen LogP contribution in [0.1, 0.15) is 18.9 Å². The number of sulfonamides is 1. The number of hydrogen-bond acceptors (Lipinski definition) is 3. The molecule has 2 rings (SSSR count). The quantitative estimate of drug-likeness (QED) is 0.936. The minimum Gasteiger partial charge on any atom is -0.224 e. The molecule has 0 radical (unpaired) electrons. The zero-order chi connectivity index (χ0) is 13.2. The number of hydrogen-bond donors (Lipinski definition) is 1. The second kappa shape index (κ2) is 5.22. The van der Waals surface area contributed by atoms with E-state index in [0.717, 1.165) is 23.3 Å². The molecule has 2 aromatic rings. The molecule has 0 fully saturated rings. The van der Waals surface area contributed by atoms with Gasteiger partial charge in [0.2, 0.25) is 10.0 Å². The Labute approximate surface area is 111 Å². The molecule has 0 aliphatic carbocycles. The topological polar surface area (TPSA) is 60.2 Å². The fraction of sp³-hybridized carbons (Fsp3) is 0.231. The van der Waals surface area contributed by atoms with Crippen LogP contribution < -0.4 is 5.14 Å². The number of rotatable bonds is 4. The normalized spacial score (nSPS) is 11.7. The van der Waals surface area contributed by atoms with Crippen LogP contribution in [0.15, 0.2) is 40.6 Å². The molecule has 5 heteroatoms. The lowest BCUT2D eigenvalue weighted by molar-refractivity contribution is 0.600. The fourth-order valence-corrected chi connectivity index (χ4v) is 3.49. The highest BCUT2D eigenvalue weighted by atomic mass is 32.2. The molecule has 0 aliphatic rings. The van der Waals surface area contributed by atoms with Crippen molar-refractivity contribution in [3.63, 3.8) is 0 Å². The van der Waals surface area contributed by atoms with Crippen molar-refractivity contribution in [2.24, 2.45) is 5.14 Å². The van der Waals surface area contributed by atoms with Crippen molar-refractivity contribution < 1.29 is 8.42 Å². The Balaban J connectivity index is 2.29. The third-order valence-electron chi connectivity index (χ3n) is 2.64. The zero-order valence-corrected chi connectivity index (χ0v) is 11.7. The fourth-order valence-electron chi connectivity index (χ4n) is 1.75. The number of primary sulfonamides is 1. The van der Waals surface area contributed by atoms with Gasteiger partial charge in [-0.3, -0.25) is 0 Å². The molecule has 0 saturated carbocycles. The monoisotopic (exact) mass is 281 g/mol. The molecule has 18 heavy (non-hydrogen) atoms. The largest absolute Gasteiger partial charge is 0.247 e. The molecular weight excluding hydrogens is 266 g/mol. The molecular formula is C13H15NO2S2. The molecule has 1 aromatic heterocycles. The summed E-state index contributed by atoms with van der Waals surface area (Å²) in [4.78, 5) is 0.919. The molecule has 0 unspecified atom stereocenters. The number of nitrogens with two attached hydrogens (primary N) is 1. The summed E-state index contributed by atoms with van der Waals surface area (Å²) in [6.07, 6.45) is 2.18. The number of benzene rings is 1. The van der Waals surface area contributed by atoms with Gasteiger partial charge < -0.3 is 0 Å².